The maximum absolute atomic E-state index is 11.8. The molecule has 0 bridgehead atoms. The molecule has 0 radical (unpaired) electrons. The lowest BCUT2D eigenvalue weighted by atomic mass is 9.98. The van der Waals surface area contributed by atoms with Crippen LogP contribution in [-0.4, -0.2) is 80.4 Å². The zero-order valence-electron chi connectivity index (χ0n) is 19.5. The van der Waals surface area contributed by atoms with E-state index in [9.17, 15) is 24.0 Å². The molecule has 1 aliphatic rings. The molecule has 12 heteroatoms. The Hall–Kier alpha value is -2.99. The summed E-state index contributed by atoms with van der Waals surface area (Å²) in [6.45, 7) is 7.21. The first-order valence-electron chi connectivity index (χ1n) is 10.1. The van der Waals surface area contributed by atoms with Crippen molar-refractivity contribution in [2.75, 3.05) is 19.8 Å². The molecular weight excluding hydrogens is 444 g/mol. The molecule has 186 valence electrons. The van der Waals surface area contributed by atoms with E-state index in [1.165, 1.54) is 13.8 Å². The first-order valence-corrected chi connectivity index (χ1v) is 10.1. The number of hydrogen-bond donors (Lipinski definition) is 0. The van der Waals surface area contributed by atoms with Crippen molar-refractivity contribution in [3.05, 3.63) is 11.6 Å². The Morgan fingerprint density at radius 1 is 0.697 bits per heavy atom. The molecule has 1 heterocycles. The molecule has 0 aromatic heterocycles. The molecule has 0 aromatic rings. The first-order chi connectivity index (χ1) is 15.4. The van der Waals surface area contributed by atoms with Crippen molar-refractivity contribution in [3.63, 3.8) is 0 Å². The van der Waals surface area contributed by atoms with E-state index in [-0.39, 0.29) is 19.8 Å². The minimum Gasteiger partial charge on any atom is -0.463 e. The van der Waals surface area contributed by atoms with Crippen LogP contribution in [0.15, 0.2) is 11.6 Å². The smallest absolute Gasteiger partial charge is 0.303 e. The van der Waals surface area contributed by atoms with Gasteiger partial charge in [-0.15, -0.1) is 0 Å². The van der Waals surface area contributed by atoms with Crippen molar-refractivity contribution in [1.82, 2.24) is 0 Å². The van der Waals surface area contributed by atoms with Gasteiger partial charge < -0.3 is 33.2 Å². The highest BCUT2D eigenvalue weighted by Gasteiger charge is 2.52. The summed E-state index contributed by atoms with van der Waals surface area (Å²) in [4.78, 5) is 57.4. The molecule has 12 nitrogen and oxygen atoms in total. The molecule has 1 saturated heterocycles. The van der Waals surface area contributed by atoms with Gasteiger partial charge in [-0.25, -0.2) is 0 Å². The summed E-state index contributed by atoms with van der Waals surface area (Å²) in [5.74, 6) is -3.25. The summed E-state index contributed by atoms with van der Waals surface area (Å²) in [5, 5.41) is 0. The second kappa shape index (κ2) is 13.5. The van der Waals surface area contributed by atoms with E-state index in [4.69, 9.17) is 33.2 Å². The Balaban J connectivity index is 3.19. The maximum Gasteiger partial charge on any atom is 0.303 e. The number of carbonyl (C=O) groups is 5. The highest BCUT2D eigenvalue weighted by molar-refractivity contribution is 5.68. The second-order valence-corrected chi connectivity index (χ2v) is 7.23. The van der Waals surface area contributed by atoms with Gasteiger partial charge in [-0.3, -0.25) is 24.0 Å². The standard InChI is InChI=1S/C21H30O12/c1-11(7-8-27-12(2)22)9-29-21-20(32-16(6)26)19(31-15(5)25)18(30-14(4)24)17(33-21)10-28-13(3)23/h7,17-21H,8-10H2,1-6H3/b11-7+/t17-,18-,19+,20-,21-/m1/s1. The molecular formula is C21H30O12. The number of ether oxygens (including phenoxy) is 7. The third-order valence-electron chi connectivity index (χ3n) is 4.14. The molecule has 33 heavy (non-hydrogen) atoms. The van der Waals surface area contributed by atoms with E-state index in [0.29, 0.717) is 5.57 Å². The van der Waals surface area contributed by atoms with Crippen molar-refractivity contribution < 1.29 is 57.1 Å². The Labute approximate surface area is 191 Å². The van der Waals surface area contributed by atoms with Gasteiger partial charge in [0, 0.05) is 34.6 Å². The van der Waals surface area contributed by atoms with E-state index < -0.39 is 60.6 Å². The van der Waals surface area contributed by atoms with Crippen LogP contribution in [0.5, 0.6) is 0 Å². The molecule has 0 unspecified atom stereocenters. The summed E-state index contributed by atoms with van der Waals surface area (Å²) in [6.07, 6.45) is -4.62. The molecule has 1 aliphatic heterocycles. The van der Waals surface area contributed by atoms with Gasteiger partial charge in [-0.2, -0.15) is 0 Å². The largest absolute Gasteiger partial charge is 0.463 e. The molecule has 0 N–H and O–H groups in total. The van der Waals surface area contributed by atoms with Gasteiger partial charge in [0.05, 0.1) is 6.61 Å². The predicted octanol–water partition coefficient (Wildman–Crippen LogP) is 0.596. The van der Waals surface area contributed by atoms with E-state index in [0.717, 1.165) is 20.8 Å². The van der Waals surface area contributed by atoms with Crippen molar-refractivity contribution in [2.45, 2.75) is 72.2 Å². The third kappa shape index (κ3) is 10.4. The summed E-state index contributed by atoms with van der Waals surface area (Å²) >= 11 is 0. The normalized spacial score (nSPS) is 24.9. The molecule has 0 aromatic carbocycles. The highest BCUT2D eigenvalue weighted by Crippen LogP contribution is 2.30. The number of hydrogen-bond acceptors (Lipinski definition) is 12. The minimum atomic E-state index is -1.31. The molecule has 0 amide bonds. The Kier molecular flexibility index (Phi) is 11.5. The SMILES string of the molecule is CC(=O)OC/C=C(\C)CO[C@@H]1O[C@H](COC(C)=O)[C@@H](OC(C)=O)[C@H](OC(C)=O)[C@H]1OC(C)=O. The van der Waals surface area contributed by atoms with Gasteiger partial charge in [0.2, 0.25) is 0 Å². The monoisotopic (exact) mass is 474 g/mol. The van der Waals surface area contributed by atoms with E-state index in [1.54, 1.807) is 13.0 Å². The number of esters is 5. The van der Waals surface area contributed by atoms with Gasteiger partial charge in [0.15, 0.2) is 24.6 Å². The van der Waals surface area contributed by atoms with Crippen molar-refractivity contribution in [2.24, 2.45) is 0 Å². The highest BCUT2D eigenvalue weighted by atomic mass is 16.7. The fourth-order valence-electron chi connectivity index (χ4n) is 2.90. The first kappa shape index (κ1) is 28.0. The summed E-state index contributed by atoms with van der Waals surface area (Å²) in [6, 6.07) is 0. The third-order valence-corrected chi connectivity index (χ3v) is 4.14. The van der Waals surface area contributed by atoms with Crippen molar-refractivity contribution in [3.8, 4) is 0 Å². The average molecular weight is 474 g/mol. The Morgan fingerprint density at radius 3 is 1.73 bits per heavy atom. The molecule has 0 spiro atoms. The molecule has 1 fully saturated rings. The van der Waals surface area contributed by atoms with Crippen molar-refractivity contribution >= 4 is 29.8 Å². The second-order valence-electron chi connectivity index (χ2n) is 7.23. The quantitative estimate of drug-likeness (QED) is 0.248. The lowest BCUT2D eigenvalue weighted by Crippen LogP contribution is -2.63. The van der Waals surface area contributed by atoms with Gasteiger partial charge in [-0.1, -0.05) is 0 Å². The van der Waals surface area contributed by atoms with Gasteiger partial charge in [0.1, 0.15) is 19.3 Å². The van der Waals surface area contributed by atoms with Gasteiger partial charge >= 0.3 is 29.8 Å². The topological polar surface area (TPSA) is 150 Å². The van der Waals surface area contributed by atoms with Crippen LogP contribution in [0.3, 0.4) is 0 Å². The van der Waals surface area contributed by atoms with E-state index >= 15 is 0 Å². The fourth-order valence-corrected chi connectivity index (χ4v) is 2.90. The zero-order chi connectivity index (χ0) is 25.1. The Bertz CT molecular complexity index is 758. The molecule has 5 atom stereocenters. The van der Waals surface area contributed by atoms with Crippen LogP contribution in [-0.2, 0) is 57.1 Å². The molecule has 0 saturated carbocycles. The molecule has 0 aliphatic carbocycles. The van der Waals surface area contributed by atoms with Crippen molar-refractivity contribution in [1.29, 1.82) is 0 Å². The lowest BCUT2D eigenvalue weighted by molar-refractivity contribution is -0.306. The lowest BCUT2D eigenvalue weighted by Gasteiger charge is -2.44. The van der Waals surface area contributed by atoms with Crippen LogP contribution in [0.4, 0.5) is 0 Å². The number of carbonyl (C=O) groups excluding carboxylic acids is 5. The Morgan fingerprint density at radius 2 is 1.21 bits per heavy atom. The summed E-state index contributed by atoms with van der Waals surface area (Å²) in [5.41, 5.74) is 0.657. The van der Waals surface area contributed by atoms with Crippen LogP contribution >= 0.6 is 0 Å². The van der Waals surface area contributed by atoms with E-state index in [2.05, 4.69) is 0 Å². The van der Waals surface area contributed by atoms with Crippen LogP contribution in [0.2, 0.25) is 0 Å². The van der Waals surface area contributed by atoms with Crippen LogP contribution < -0.4 is 0 Å². The van der Waals surface area contributed by atoms with Crippen LogP contribution in [0, 0.1) is 0 Å². The number of rotatable bonds is 10. The van der Waals surface area contributed by atoms with Gasteiger partial charge in [-0.05, 0) is 18.6 Å². The minimum absolute atomic E-state index is 0.0309. The van der Waals surface area contributed by atoms with Crippen LogP contribution in [0.25, 0.3) is 0 Å². The predicted molar refractivity (Wildman–Crippen MR) is 108 cm³/mol. The summed E-state index contributed by atoms with van der Waals surface area (Å²) < 4.78 is 37.3. The average Bonchev–Trinajstić information content (AvgIpc) is 2.67. The maximum atomic E-state index is 11.8. The van der Waals surface area contributed by atoms with E-state index in [1.807, 2.05) is 0 Å². The van der Waals surface area contributed by atoms with Gasteiger partial charge in [0.25, 0.3) is 0 Å². The fraction of sp³-hybridized carbons (Fsp3) is 0.667. The zero-order valence-corrected chi connectivity index (χ0v) is 19.5. The summed E-state index contributed by atoms with van der Waals surface area (Å²) in [7, 11) is 0. The van der Waals surface area contributed by atoms with Crippen LogP contribution in [0.1, 0.15) is 41.5 Å². The molecule has 1 rings (SSSR count).